The molecule has 0 radical (unpaired) electrons. The van der Waals surface area contributed by atoms with Crippen LogP contribution >= 0.6 is 19.6 Å². The molecule has 0 aliphatic heterocycles. The van der Waals surface area contributed by atoms with Crippen LogP contribution in [0.2, 0.25) is 5.02 Å². The van der Waals surface area contributed by atoms with E-state index in [-0.39, 0.29) is 28.5 Å². The van der Waals surface area contributed by atoms with Crippen molar-refractivity contribution in [3.63, 3.8) is 0 Å². The maximum absolute atomic E-state index is 12.8. The molecule has 0 saturated heterocycles. The molecule has 1 unspecified atom stereocenters. The molecule has 2 rings (SSSR count). The molecule has 14 heteroatoms. The van der Waals surface area contributed by atoms with Crippen LogP contribution in [-0.4, -0.2) is 21.7 Å². The van der Waals surface area contributed by atoms with E-state index in [4.69, 9.17) is 21.4 Å². The van der Waals surface area contributed by atoms with Gasteiger partial charge >= 0.3 is 12.1 Å². The second-order valence-corrected chi connectivity index (χ2v) is 7.90. The normalized spacial score (nSPS) is 12.9. The van der Waals surface area contributed by atoms with E-state index in [1.54, 1.807) is 6.92 Å². The number of rotatable bonds is 8. The van der Waals surface area contributed by atoms with Gasteiger partial charge in [-0.25, -0.2) is 4.79 Å². The highest BCUT2D eigenvalue weighted by molar-refractivity contribution is 7.48. The number of benzene rings is 2. The van der Waals surface area contributed by atoms with Crippen LogP contribution in [0.1, 0.15) is 25.0 Å². The number of carbonyl (C=O) groups is 1. The fraction of sp³-hybridized carbons (Fsp3) is 0.222. The number of ether oxygens (including phenoxy) is 1. The highest BCUT2D eigenvalue weighted by Gasteiger charge is 2.31. The topological polar surface area (TPSA) is 128 Å². The average Bonchev–Trinajstić information content (AvgIpc) is 2.71. The molecule has 172 valence electrons. The largest absolute Gasteiger partial charge is 0.477 e. The molecule has 1 atom stereocenters. The fourth-order valence-corrected chi connectivity index (χ4v) is 3.53. The molecule has 0 spiro atoms. The molecule has 9 nitrogen and oxygen atoms in total. The first-order valence-electron chi connectivity index (χ1n) is 8.70. The molecule has 0 aliphatic carbocycles. The van der Waals surface area contributed by atoms with Crippen LogP contribution in [0.4, 0.5) is 18.9 Å². The van der Waals surface area contributed by atoms with Crippen molar-refractivity contribution in [2.24, 2.45) is 5.16 Å². The molecule has 0 saturated carbocycles. The van der Waals surface area contributed by atoms with Crippen molar-refractivity contribution < 1.29 is 41.9 Å². The minimum absolute atomic E-state index is 0.0596. The van der Waals surface area contributed by atoms with E-state index in [9.17, 15) is 32.6 Å². The molecule has 0 aromatic heterocycles. The average molecular weight is 495 g/mol. The highest BCUT2D eigenvalue weighted by Crippen LogP contribution is 2.39. The summed E-state index contributed by atoms with van der Waals surface area (Å²) in [6.45, 7) is 2.70. The van der Waals surface area contributed by atoms with E-state index in [1.165, 1.54) is 0 Å². The molecule has 0 amide bonds. The van der Waals surface area contributed by atoms with Crippen LogP contribution in [0, 0.1) is 10.1 Å². The summed E-state index contributed by atoms with van der Waals surface area (Å²) >= 11 is 5.89. The van der Waals surface area contributed by atoms with Crippen molar-refractivity contribution in [2.45, 2.75) is 26.4 Å². The number of halogens is 4. The molecule has 1 N–H and O–H groups in total. The Hall–Kier alpha value is -3.11. The van der Waals surface area contributed by atoms with Gasteiger partial charge in [0.2, 0.25) is 0 Å². The van der Waals surface area contributed by atoms with E-state index in [0.29, 0.717) is 6.07 Å². The van der Waals surface area contributed by atoms with E-state index >= 15 is 0 Å². The lowest BCUT2D eigenvalue weighted by Gasteiger charge is -2.14. The lowest BCUT2D eigenvalue weighted by Crippen LogP contribution is -2.10. The lowest BCUT2D eigenvalue weighted by molar-refractivity contribution is -0.383. The van der Waals surface area contributed by atoms with Gasteiger partial charge < -0.3 is 14.5 Å². The Morgan fingerprint density at radius 2 is 1.94 bits per heavy atom. The van der Waals surface area contributed by atoms with Gasteiger partial charge in [-0.1, -0.05) is 23.7 Å². The van der Waals surface area contributed by atoms with Crippen LogP contribution in [0.15, 0.2) is 35.5 Å². The lowest BCUT2D eigenvalue weighted by atomic mass is 10.1. The summed E-state index contributed by atoms with van der Waals surface area (Å²) < 4.78 is 61.2. The number of hydrogen-bond acceptors (Lipinski definition) is 7. The first kappa shape index (κ1) is 25.2. The Kier molecular flexibility index (Phi) is 7.87. The van der Waals surface area contributed by atoms with Crippen molar-refractivity contribution in [3.8, 4) is 11.5 Å². The van der Waals surface area contributed by atoms with E-state index in [1.807, 2.05) is 0 Å². The molecular weight excluding hydrogens is 480 g/mol. The van der Waals surface area contributed by atoms with Gasteiger partial charge in [-0.3, -0.25) is 14.7 Å². The zero-order valence-electron chi connectivity index (χ0n) is 16.4. The standard InChI is InChI=1S/C18H15ClF3N2O7P/c1-3-10-6-13(24(27)28)16(32(29)31-23-9(2)17(25)26)8-15(10)30-14-5-4-11(7-12(14)19)18(20,21)22/h4-8,32H,3H2,1-2H3,(H,25,26). The number of carboxylic acid groups (broad SMARTS) is 1. The quantitative estimate of drug-likeness (QED) is 0.231. The van der Waals surface area contributed by atoms with E-state index < -0.39 is 47.4 Å². The van der Waals surface area contributed by atoms with Crippen molar-refractivity contribution in [2.75, 3.05) is 0 Å². The number of nitrogens with zero attached hydrogens (tertiary/aromatic N) is 2. The molecule has 2 aromatic carbocycles. The summed E-state index contributed by atoms with van der Waals surface area (Å²) in [5.41, 5.74) is -1.85. The van der Waals surface area contributed by atoms with Crippen LogP contribution in [0.25, 0.3) is 0 Å². The Morgan fingerprint density at radius 1 is 1.28 bits per heavy atom. The van der Waals surface area contributed by atoms with E-state index in [2.05, 4.69) is 9.78 Å². The first-order valence-corrected chi connectivity index (χ1v) is 10.4. The zero-order chi connectivity index (χ0) is 24.2. The van der Waals surface area contributed by atoms with Crippen molar-refractivity contribution in [1.82, 2.24) is 0 Å². The van der Waals surface area contributed by atoms with Gasteiger partial charge in [0, 0.05) is 17.7 Å². The highest BCUT2D eigenvalue weighted by atomic mass is 35.5. The summed E-state index contributed by atoms with van der Waals surface area (Å²) in [7, 11) is -3.45. The Bertz CT molecular complexity index is 1120. The monoisotopic (exact) mass is 494 g/mol. The molecule has 0 bridgehead atoms. The van der Waals surface area contributed by atoms with Crippen molar-refractivity contribution in [3.05, 3.63) is 56.6 Å². The second-order valence-electron chi connectivity index (χ2n) is 6.19. The summed E-state index contributed by atoms with van der Waals surface area (Å²) in [5, 5.41) is 22.6. The van der Waals surface area contributed by atoms with Gasteiger partial charge in [0.05, 0.1) is 15.5 Å². The third-order valence-corrected chi connectivity index (χ3v) is 5.42. The number of oxime groups is 1. The number of alkyl halides is 3. The Labute approximate surface area is 184 Å². The summed E-state index contributed by atoms with van der Waals surface area (Å²) in [4.78, 5) is 21.4. The minimum Gasteiger partial charge on any atom is -0.477 e. The van der Waals surface area contributed by atoms with Gasteiger partial charge in [0.1, 0.15) is 16.8 Å². The zero-order valence-corrected chi connectivity index (χ0v) is 18.2. The number of nitro benzene ring substituents is 1. The molecule has 0 heterocycles. The Balaban J connectivity index is 2.51. The fourth-order valence-electron chi connectivity index (χ4n) is 2.37. The maximum atomic E-state index is 12.8. The molecule has 2 aromatic rings. The predicted molar refractivity (Wildman–Crippen MR) is 109 cm³/mol. The van der Waals surface area contributed by atoms with Gasteiger partial charge in [-0.2, -0.15) is 13.2 Å². The SMILES string of the molecule is CCc1cc([N+](=O)[O-])c([PH](=O)ON=C(C)C(=O)O)cc1Oc1ccc(C(F)(F)F)cc1Cl. The van der Waals surface area contributed by atoms with Crippen LogP contribution in [0.3, 0.4) is 0 Å². The number of hydrogen-bond donors (Lipinski definition) is 1. The van der Waals surface area contributed by atoms with Crippen molar-refractivity contribution in [1.29, 1.82) is 0 Å². The Morgan fingerprint density at radius 3 is 2.44 bits per heavy atom. The van der Waals surface area contributed by atoms with Crippen LogP contribution < -0.4 is 10.0 Å². The summed E-state index contributed by atoms with van der Waals surface area (Å²) in [6.07, 6.45) is -4.41. The van der Waals surface area contributed by atoms with Gasteiger partial charge in [0.25, 0.3) is 13.7 Å². The smallest absolute Gasteiger partial charge is 0.416 e. The summed E-state index contributed by atoms with van der Waals surface area (Å²) in [6, 6.07) is 4.48. The van der Waals surface area contributed by atoms with Crippen LogP contribution in [-0.2, 0) is 26.6 Å². The van der Waals surface area contributed by atoms with Gasteiger partial charge in [-0.05, 0) is 31.5 Å². The van der Waals surface area contributed by atoms with Gasteiger partial charge in [0.15, 0.2) is 5.71 Å². The number of carboxylic acids is 1. The first-order chi connectivity index (χ1) is 14.8. The third kappa shape index (κ3) is 5.98. The minimum atomic E-state index is -4.62. The van der Waals surface area contributed by atoms with Crippen molar-refractivity contribution >= 4 is 42.3 Å². The third-order valence-electron chi connectivity index (χ3n) is 4.03. The molecule has 32 heavy (non-hydrogen) atoms. The number of nitro groups is 1. The molecular formula is C18H15ClF3N2O7P. The maximum Gasteiger partial charge on any atom is 0.416 e. The summed E-state index contributed by atoms with van der Waals surface area (Å²) in [5.74, 6) is -1.68. The second kappa shape index (κ2) is 10.0. The number of aryl methyl sites for hydroxylation is 1. The molecule has 0 aliphatic rings. The molecule has 0 fully saturated rings. The van der Waals surface area contributed by atoms with E-state index in [0.717, 1.165) is 31.2 Å². The van der Waals surface area contributed by atoms with Gasteiger partial charge in [-0.15, -0.1) is 0 Å². The number of aliphatic carboxylic acids is 1. The predicted octanol–water partition coefficient (Wildman–Crippen LogP) is 5.20. The van der Waals surface area contributed by atoms with Crippen LogP contribution in [0.5, 0.6) is 11.5 Å².